The van der Waals surface area contributed by atoms with E-state index < -0.39 is 5.91 Å². The predicted octanol–water partition coefficient (Wildman–Crippen LogP) is 1.29. The van der Waals surface area contributed by atoms with Gasteiger partial charge in [-0.15, -0.1) is 0 Å². The molecule has 1 aliphatic heterocycles. The third kappa shape index (κ3) is 2.60. The van der Waals surface area contributed by atoms with Gasteiger partial charge in [0.2, 0.25) is 6.79 Å². The number of nitrogens with zero attached hydrogens (tertiary/aromatic N) is 1. The monoisotopic (exact) mass is 286 g/mol. The van der Waals surface area contributed by atoms with Crippen molar-refractivity contribution in [3.8, 4) is 11.5 Å². The topological polar surface area (TPSA) is 74.5 Å². The van der Waals surface area contributed by atoms with Crippen LogP contribution in [0.2, 0.25) is 0 Å². The van der Waals surface area contributed by atoms with Gasteiger partial charge in [-0.25, -0.2) is 0 Å². The molecule has 1 N–H and O–H groups in total. The molecule has 0 spiro atoms. The van der Waals surface area contributed by atoms with E-state index in [-0.39, 0.29) is 12.5 Å². The van der Waals surface area contributed by atoms with E-state index in [2.05, 4.69) is 5.32 Å². The molecule has 0 bridgehead atoms. The number of ether oxygens (including phenoxy) is 2. The van der Waals surface area contributed by atoms with Gasteiger partial charge in [-0.2, -0.15) is 4.73 Å². The van der Waals surface area contributed by atoms with Crippen LogP contribution in [0.4, 0.5) is 0 Å². The highest BCUT2D eigenvalue weighted by atomic mass is 16.7. The SMILES string of the molecule is Cc1ccc[n+]([O-])c1C(=O)NCc1ccc2c(c1)OCO2. The van der Waals surface area contributed by atoms with Crippen molar-refractivity contribution in [2.24, 2.45) is 0 Å². The van der Waals surface area contributed by atoms with Crippen LogP contribution in [0.15, 0.2) is 36.5 Å². The number of carbonyl (C=O) groups is 1. The maximum atomic E-state index is 12.1. The lowest BCUT2D eigenvalue weighted by Gasteiger charge is -2.08. The summed E-state index contributed by atoms with van der Waals surface area (Å²) in [6.07, 6.45) is 1.31. The molecule has 1 aliphatic rings. The van der Waals surface area contributed by atoms with Crippen molar-refractivity contribution in [2.75, 3.05) is 6.79 Å². The number of benzene rings is 1. The molecule has 2 aromatic rings. The number of pyridine rings is 1. The molecular weight excluding hydrogens is 272 g/mol. The first kappa shape index (κ1) is 13.2. The summed E-state index contributed by atoms with van der Waals surface area (Å²) in [5.74, 6) is 0.957. The second-order valence-corrected chi connectivity index (χ2v) is 4.74. The second-order valence-electron chi connectivity index (χ2n) is 4.74. The van der Waals surface area contributed by atoms with Crippen molar-refractivity contribution in [1.82, 2.24) is 5.32 Å². The standard InChI is InChI=1S/C15H14N2O4/c1-10-3-2-6-17(19)14(10)15(18)16-8-11-4-5-12-13(7-11)21-9-20-12/h2-7H,8-9H2,1H3,(H,16,18). The summed E-state index contributed by atoms with van der Waals surface area (Å²) >= 11 is 0. The molecule has 0 radical (unpaired) electrons. The average Bonchev–Trinajstić information content (AvgIpc) is 2.92. The van der Waals surface area contributed by atoms with E-state index in [9.17, 15) is 10.0 Å². The van der Waals surface area contributed by atoms with Crippen molar-refractivity contribution in [2.45, 2.75) is 13.5 Å². The van der Waals surface area contributed by atoms with E-state index in [1.807, 2.05) is 12.1 Å². The fourth-order valence-electron chi connectivity index (χ4n) is 2.19. The Hall–Kier alpha value is -2.76. The van der Waals surface area contributed by atoms with Crippen molar-refractivity contribution in [1.29, 1.82) is 0 Å². The van der Waals surface area contributed by atoms with Crippen LogP contribution in [-0.4, -0.2) is 12.7 Å². The number of hydrogen-bond donors (Lipinski definition) is 1. The van der Waals surface area contributed by atoms with Gasteiger partial charge in [-0.1, -0.05) is 6.07 Å². The number of hydrogen-bond acceptors (Lipinski definition) is 4. The number of carbonyl (C=O) groups excluding carboxylic acids is 1. The Morgan fingerprint density at radius 1 is 1.33 bits per heavy atom. The Labute approximate surface area is 121 Å². The van der Waals surface area contributed by atoms with Crippen molar-refractivity contribution in [3.63, 3.8) is 0 Å². The molecule has 0 unspecified atom stereocenters. The van der Waals surface area contributed by atoms with Crippen LogP contribution in [0.3, 0.4) is 0 Å². The minimum atomic E-state index is -0.402. The second kappa shape index (κ2) is 5.32. The summed E-state index contributed by atoms with van der Waals surface area (Å²) < 4.78 is 11.1. The molecular formula is C15H14N2O4. The minimum absolute atomic E-state index is 0.109. The van der Waals surface area contributed by atoms with Gasteiger partial charge < -0.3 is 20.0 Å². The number of aryl methyl sites for hydroxylation is 1. The van der Waals surface area contributed by atoms with Gasteiger partial charge >= 0.3 is 5.91 Å². The summed E-state index contributed by atoms with van der Waals surface area (Å²) in [4.78, 5) is 12.1. The lowest BCUT2D eigenvalue weighted by molar-refractivity contribution is -0.608. The molecule has 0 saturated carbocycles. The predicted molar refractivity (Wildman–Crippen MR) is 73.9 cm³/mol. The first-order valence-corrected chi connectivity index (χ1v) is 6.50. The molecule has 0 fully saturated rings. The molecule has 1 aromatic carbocycles. The van der Waals surface area contributed by atoms with Gasteiger partial charge in [0.05, 0.1) is 0 Å². The van der Waals surface area contributed by atoms with Crippen molar-refractivity contribution >= 4 is 5.91 Å². The highest BCUT2D eigenvalue weighted by molar-refractivity contribution is 5.92. The maximum absolute atomic E-state index is 12.1. The van der Waals surface area contributed by atoms with E-state index in [4.69, 9.17) is 9.47 Å². The quantitative estimate of drug-likeness (QED) is 0.681. The molecule has 108 valence electrons. The van der Waals surface area contributed by atoms with E-state index in [0.29, 0.717) is 28.3 Å². The largest absolute Gasteiger partial charge is 0.618 e. The third-order valence-electron chi connectivity index (χ3n) is 3.27. The molecule has 0 aliphatic carbocycles. The number of rotatable bonds is 3. The summed E-state index contributed by atoms with van der Waals surface area (Å²) in [6, 6.07) is 8.79. The first-order chi connectivity index (χ1) is 10.1. The minimum Gasteiger partial charge on any atom is -0.618 e. The van der Waals surface area contributed by atoms with Crippen LogP contribution >= 0.6 is 0 Å². The van der Waals surface area contributed by atoms with Crippen molar-refractivity contribution < 1.29 is 19.0 Å². The zero-order valence-corrected chi connectivity index (χ0v) is 11.5. The Morgan fingerprint density at radius 2 is 2.14 bits per heavy atom. The molecule has 1 amide bonds. The lowest BCUT2D eigenvalue weighted by atomic mass is 10.2. The number of amides is 1. The fraction of sp³-hybridized carbons (Fsp3) is 0.200. The Balaban J connectivity index is 1.71. The van der Waals surface area contributed by atoms with E-state index in [0.717, 1.165) is 5.56 Å². The Bertz CT molecular complexity index is 680. The molecule has 0 saturated heterocycles. The summed E-state index contributed by atoms with van der Waals surface area (Å²) in [7, 11) is 0. The number of fused-ring (bicyclic) bond motifs is 1. The van der Waals surface area contributed by atoms with Gasteiger partial charge in [0.15, 0.2) is 17.7 Å². The lowest BCUT2D eigenvalue weighted by Crippen LogP contribution is -2.40. The van der Waals surface area contributed by atoms with Crippen LogP contribution in [0.25, 0.3) is 0 Å². The maximum Gasteiger partial charge on any atom is 0.317 e. The summed E-state index contributed by atoms with van der Waals surface area (Å²) in [5.41, 5.74) is 1.62. The van der Waals surface area contributed by atoms with Crippen molar-refractivity contribution in [3.05, 3.63) is 58.6 Å². The molecule has 21 heavy (non-hydrogen) atoms. The van der Waals surface area contributed by atoms with Crippen LogP contribution in [0.1, 0.15) is 21.6 Å². The van der Waals surface area contributed by atoms with Crippen LogP contribution in [0, 0.1) is 12.1 Å². The van der Waals surface area contributed by atoms with Gasteiger partial charge in [-0.3, -0.25) is 4.79 Å². The van der Waals surface area contributed by atoms with Crippen LogP contribution < -0.4 is 19.5 Å². The number of nitrogens with one attached hydrogen (secondary N) is 1. The summed E-state index contributed by atoms with van der Waals surface area (Å²) in [6.45, 7) is 2.25. The highest BCUT2D eigenvalue weighted by Gasteiger charge is 2.19. The van der Waals surface area contributed by atoms with Gasteiger partial charge in [0.1, 0.15) is 0 Å². The zero-order valence-electron chi connectivity index (χ0n) is 11.5. The van der Waals surface area contributed by atoms with Gasteiger partial charge in [-0.05, 0) is 30.7 Å². The first-order valence-electron chi connectivity index (χ1n) is 6.50. The molecule has 3 rings (SSSR count). The highest BCUT2D eigenvalue weighted by Crippen LogP contribution is 2.32. The molecule has 0 atom stereocenters. The van der Waals surface area contributed by atoms with Gasteiger partial charge in [0.25, 0.3) is 5.69 Å². The number of aromatic nitrogens is 1. The molecule has 2 heterocycles. The Kier molecular flexibility index (Phi) is 3.35. The zero-order chi connectivity index (χ0) is 14.8. The Morgan fingerprint density at radius 3 is 2.95 bits per heavy atom. The normalized spacial score (nSPS) is 12.2. The van der Waals surface area contributed by atoms with E-state index in [1.54, 1.807) is 25.1 Å². The van der Waals surface area contributed by atoms with Crippen LogP contribution in [0.5, 0.6) is 11.5 Å². The molecule has 1 aromatic heterocycles. The third-order valence-corrected chi connectivity index (χ3v) is 3.27. The summed E-state index contributed by atoms with van der Waals surface area (Å²) in [5, 5.41) is 14.4. The van der Waals surface area contributed by atoms with Gasteiger partial charge in [0, 0.05) is 18.2 Å². The molecule has 6 heteroatoms. The smallest absolute Gasteiger partial charge is 0.317 e. The van der Waals surface area contributed by atoms with E-state index >= 15 is 0 Å². The van der Waals surface area contributed by atoms with Crippen LogP contribution in [-0.2, 0) is 6.54 Å². The average molecular weight is 286 g/mol. The molecule has 6 nitrogen and oxygen atoms in total. The van der Waals surface area contributed by atoms with E-state index in [1.165, 1.54) is 6.20 Å². The fourth-order valence-corrected chi connectivity index (χ4v) is 2.19.